The minimum atomic E-state index is -4.81. The summed E-state index contributed by atoms with van der Waals surface area (Å²) in [6, 6.07) is 3.51. The van der Waals surface area contributed by atoms with E-state index in [2.05, 4.69) is 4.74 Å². The topological polar surface area (TPSA) is 55.6 Å². The van der Waals surface area contributed by atoms with Gasteiger partial charge in [0.2, 0.25) is 0 Å². The number of carbonyl (C=O) groups excluding carboxylic acids is 1. The van der Waals surface area contributed by atoms with E-state index in [0.717, 1.165) is 12.5 Å². The number of hydrogen-bond donors (Lipinski definition) is 1. The molecule has 0 aliphatic carbocycles. The molecular formula is C13H17F3N2O2. The second-order valence-corrected chi connectivity index (χ2v) is 4.47. The molecule has 112 valence electrons. The zero-order chi connectivity index (χ0) is 15.5. The number of rotatable bonds is 4. The van der Waals surface area contributed by atoms with Gasteiger partial charge >= 0.3 is 6.36 Å². The van der Waals surface area contributed by atoms with Crippen molar-refractivity contribution in [1.82, 2.24) is 4.90 Å². The van der Waals surface area contributed by atoms with E-state index >= 15 is 0 Å². The average Bonchev–Trinajstić information content (AvgIpc) is 2.37. The number of amides is 1. The molecule has 1 rings (SSSR count). The van der Waals surface area contributed by atoms with Gasteiger partial charge in [0, 0.05) is 18.7 Å². The van der Waals surface area contributed by atoms with Gasteiger partial charge in [-0.2, -0.15) is 0 Å². The van der Waals surface area contributed by atoms with Gasteiger partial charge in [0.1, 0.15) is 0 Å². The Labute approximate surface area is 115 Å². The highest BCUT2D eigenvalue weighted by atomic mass is 19.4. The molecule has 0 aromatic heterocycles. The fraction of sp³-hybridized carbons (Fsp3) is 0.462. The van der Waals surface area contributed by atoms with Crippen molar-refractivity contribution in [2.75, 3.05) is 12.8 Å². The first-order valence-electron chi connectivity index (χ1n) is 6.08. The first-order valence-corrected chi connectivity index (χ1v) is 6.08. The summed E-state index contributed by atoms with van der Waals surface area (Å²) in [5.74, 6) is -0.815. The van der Waals surface area contributed by atoms with Gasteiger partial charge in [-0.1, -0.05) is 6.92 Å². The van der Waals surface area contributed by atoms with Gasteiger partial charge in [0.25, 0.3) is 5.91 Å². The lowest BCUT2D eigenvalue weighted by Gasteiger charge is -2.24. The zero-order valence-electron chi connectivity index (χ0n) is 11.5. The Morgan fingerprint density at radius 3 is 2.50 bits per heavy atom. The molecular weight excluding hydrogens is 273 g/mol. The number of benzene rings is 1. The number of carbonyl (C=O) groups is 1. The Morgan fingerprint density at radius 2 is 2.05 bits per heavy atom. The second kappa shape index (κ2) is 6.02. The van der Waals surface area contributed by atoms with Crippen molar-refractivity contribution in [2.45, 2.75) is 32.7 Å². The molecule has 2 N–H and O–H groups in total. The Morgan fingerprint density at radius 1 is 1.45 bits per heavy atom. The Balaban J connectivity index is 2.95. The number of hydrogen-bond acceptors (Lipinski definition) is 3. The van der Waals surface area contributed by atoms with Crippen LogP contribution in [0.5, 0.6) is 5.75 Å². The molecule has 1 atom stereocenters. The summed E-state index contributed by atoms with van der Waals surface area (Å²) in [6.45, 7) is 3.81. The average molecular weight is 290 g/mol. The number of alkyl halides is 3. The molecule has 0 heterocycles. The number of nitrogens with two attached hydrogens (primary N) is 1. The lowest BCUT2D eigenvalue weighted by atomic mass is 10.1. The van der Waals surface area contributed by atoms with Crippen LogP contribution in [0.3, 0.4) is 0 Å². The largest absolute Gasteiger partial charge is 0.573 e. The fourth-order valence-corrected chi connectivity index (χ4v) is 1.58. The fourth-order valence-electron chi connectivity index (χ4n) is 1.58. The maximum Gasteiger partial charge on any atom is 0.573 e. The van der Waals surface area contributed by atoms with Gasteiger partial charge < -0.3 is 15.4 Å². The molecule has 0 bridgehead atoms. The van der Waals surface area contributed by atoms with Crippen LogP contribution in [-0.4, -0.2) is 30.3 Å². The van der Waals surface area contributed by atoms with Crippen LogP contribution >= 0.6 is 0 Å². The molecule has 0 aliphatic heterocycles. The van der Waals surface area contributed by atoms with E-state index in [1.54, 1.807) is 7.05 Å². The summed E-state index contributed by atoms with van der Waals surface area (Å²) < 4.78 is 40.1. The van der Waals surface area contributed by atoms with Crippen molar-refractivity contribution in [1.29, 1.82) is 0 Å². The molecule has 0 saturated carbocycles. The van der Waals surface area contributed by atoms with Crippen LogP contribution in [0.15, 0.2) is 18.2 Å². The smallest absolute Gasteiger partial charge is 0.404 e. The summed E-state index contributed by atoms with van der Waals surface area (Å²) in [6.07, 6.45) is -4.04. The van der Waals surface area contributed by atoms with E-state index < -0.39 is 12.1 Å². The lowest BCUT2D eigenvalue weighted by molar-refractivity contribution is -0.274. The quantitative estimate of drug-likeness (QED) is 0.867. The first kappa shape index (κ1) is 16.1. The highest BCUT2D eigenvalue weighted by molar-refractivity contribution is 5.95. The third-order valence-electron chi connectivity index (χ3n) is 3.05. The van der Waals surface area contributed by atoms with Crippen LogP contribution in [0.1, 0.15) is 30.6 Å². The van der Waals surface area contributed by atoms with E-state index in [-0.39, 0.29) is 23.2 Å². The van der Waals surface area contributed by atoms with Gasteiger partial charge in [-0.15, -0.1) is 13.2 Å². The minimum Gasteiger partial charge on any atom is -0.404 e. The van der Waals surface area contributed by atoms with Crippen molar-refractivity contribution in [3.63, 3.8) is 0 Å². The van der Waals surface area contributed by atoms with Gasteiger partial charge in [0.15, 0.2) is 5.75 Å². The molecule has 0 radical (unpaired) electrons. The van der Waals surface area contributed by atoms with Crippen LogP contribution in [0.4, 0.5) is 18.9 Å². The van der Waals surface area contributed by atoms with Crippen molar-refractivity contribution < 1.29 is 22.7 Å². The van der Waals surface area contributed by atoms with Crippen LogP contribution in [-0.2, 0) is 0 Å². The van der Waals surface area contributed by atoms with Gasteiger partial charge in [0.05, 0.1) is 5.69 Å². The maximum absolute atomic E-state index is 12.1. The standard InChI is InChI=1S/C13H17F3N2O2/c1-4-8(2)18(3)12(19)9-5-6-11(10(17)7-9)20-13(14,15)16/h5-8H,4,17H2,1-3H3. The van der Waals surface area contributed by atoms with Crippen LogP contribution in [0.2, 0.25) is 0 Å². The van der Waals surface area contributed by atoms with Crippen molar-refractivity contribution in [3.05, 3.63) is 23.8 Å². The van der Waals surface area contributed by atoms with Crippen LogP contribution < -0.4 is 10.5 Å². The van der Waals surface area contributed by atoms with Crippen LogP contribution in [0.25, 0.3) is 0 Å². The summed E-state index contributed by atoms with van der Waals surface area (Å²) in [5, 5.41) is 0. The predicted molar refractivity (Wildman–Crippen MR) is 69.4 cm³/mol. The highest BCUT2D eigenvalue weighted by Crippen LogP contribution is 2.29. The Hall–Kier alpha value is -1.92. The Kier molecular flexibility index (Phi) is 4.86. The third-order valence-corrected chi connectivity index (χ3v) is 3.05. The summed E-state index contributed by atoms with van der Waals surface area (Å²) in [5.41, 5.74) is 5.47. The highest BCUT2D eigenvalue weighted by Gasteiger charge is 2.32. The molecule has 1 aromatic carbocycles. The molecule has 0 aliphatic rings. The van der Waals surface area contributed by atoms with E-state index in [0.29, 0.717) is 0 Å². The Bertz CT molecular complexity index is 489. The number of halogens is 3. The van der Waals surface area contributed by atoms with Gasteiger partial charge in [-0.05, 0) is 31.5 Å². The number of nitrogens with zero attached hydrogens (tertiary/aromatic N) is 1. The molecule has 0 spiro atoms. The molecule has 7 heteroatoms. The van der Waals surface area contributed by atoms with Gasteiger partial charge in [-0.25, -0.2) is 0 Å². The van der Waals surface area contributed by atoms with E-state index in [1.807, 2.05) is 13.8 Å². The van der Waals surface area contributed by atoms with E-state index in [4.69, 9.17) is 5.73 Å². The maximum atomic E-state index is 12.1. The summed E-state index contributed by atoms with van der Waals surface area (Å²) in [4.78, 5) is 13.6. The molecule has 1 unspecified atom stereocenters. The molecule has 1 aromatic rings. The first-order chi connectivity index (χ1) is 9.15. The molecule has 1 amide bonds. The third kappa shape index (κ3) is 4.04. The SMILES string of the molecule is CCC(C)N(C)C(=O)c1ccc(OC(F)(F)F)c(N)c1. The number of nitrogen functional groups attached to an aromatic ring is 1. The zero-order valence-corrected chi connectivity index (χ0v) is 11.5. The number of ether oxygens (including phenoxy) is 1. The second-order valence-electron chi connectivity index (χ2n) is 4.47. The van der Waals surface area contributed by atoms with Gasteiger partial charge in [-0.3, -0.25) is 4.79 Å². The molecule has 0 saturated heterocycles. The lowest BCUT2D eigenvalue weighted by Crippen LogP contribution is -2.34. The van der Waals surface area contributed by atoms with Crippen molar-refractivity contribution in [3.8, 4) is 5.75 Å². The summed E-state index contributed by atoms with van der Waals surface area (Å²) >= 11 is 0. The van der Waals surface area contributed by atoms with Crippen LogP contribution in [0, 0.1) is 0 Å². The molecule has 4 nitrogen and oxygen atoms in total. The van der Waals surface area contributed by atoms with E-state index in [9.17, 15) is 18.0 Å². The van der Waals surface area contributed by atoms with Crippen molar-refractivity contribution in [2.24, 2.45) is 0 Å². The molecule has 20 heavy (non-hydrogen) atoms. The predicted octanol–water partition coefficient (Wildman–Crippen LogP) is 3.04. The normalized spacial score (nSPS) is 12.9. The monoisotopic (exact) mass is 290 g/mol. The molecule has 0 fully saturated rings. The summed E-state index contributed by atoms with van der Waals surface area (Å²) in [7, 11) is 1.63. The minimum absolute atomic E-state index is 0.0230. The van der Waals surface area contributed by atoms with E-state index in [1.165, 1.54) is 17.0 Å². The van der Waals surface area contributed by atoms with Crippen molar-refractivity contribution >= 4 is 11.6 Å². The number of anilines is 1.